The first kappa shape index (κ1) is 15.4. The van der Waals surface area contributed by atoms with E-state index >= 15 is 0 Å². The summed E-state index contributed by atoms with van der Waals surface area (Å²) in [4.78, 5) is 14.1. The molecule has 3 heteroatoms. The van der Waals surface area contributed by atoms with Crippen LogP contribution in [-0.4, -0.2) is 29.0 Å². The summed E-state index contributed by atoms with van der Waals surface area (Å²) in [6.45, 7) is 1.67. The molecular formula is C18H23NO2. The monoisotopic (exact) mass is 285 g/mol. The van der Waals surface area contributed by atoms with Crippen LogP contribution in [0.4, 0.5) is 0 Å². The third kappa shape index (κ3) is 4.53. The molecule has 1 N–H and O–H groups in total. The first-order valence-corrected chi connectivity index (χ1v) is 7.71. The largest absolute Gasteiger partial charge is 0.508 e. The third-order valence-corrected chi connectivity index (χ3v) is 4.17. The van der Waals surface area contributed by atoms with Crippen molar-refractivity contribution in [3.63, 3.8) is 0 Å². The molecule has 0 spiro atoms. The average Bonchev–Trinajstić information content (AvgIpc) is 2.52. The molecule has 1 amide bonds. The van der Waals surface area contributed by atoms with E-state index in [1.54, 1.807) is 12.1 Å². The first-order valence-electron chi connectivity index (χ1n) is 7.71. The fourth-order valence-electron chi connectivity index (χ4n) is 2.87. The molecule has 1 aliphatic heterocycles. The van der Waals surface area contributed by atoms with Gasteiger partial charge < -0.3 is 10.0 Å². The second-order valence-corrected chi connectivity index (χ2v) is 5.66. The zero-order chi connectivity index (χ0) is 15.1. The Morgan fingerprint density at radius 2 is 1.90 bits per heavy atom. The number of nitrogens with zero attached hydrogens (tertiary/aromatic N) is 1. The number of terminal acetylenes is 1. The minimum atomic E-state index is 0.260. The van der Waals surface area contributed by atoms with Crippen LogP contribution in [0.15, 0.2) is 24.3 Å². The normalized spacial score (nSPS) is 15.7. The van der Waals surface area contributed by atoms with E-state index in [2.05, 4.69) is 5.92 Å². The van der Waals surface area contributed by atoms with Gasteiger partial charge in [-0.25, -0.2) is 0 Å². The van der Waals surface area contributed by atoms with E-state index in [0.29, 0.717) is 18.1 Å². The minimum absolute atomic E-state index is 0.260. The predicted octanol–water partition coefficient (Wildman–Crippen LogP) is 3.29. The zero-order valence-electron chi connectivity index (χ0n) is 12.4. The number of unbranched alkanes of at least 4 members (excludes halogenated alkanes) is 2. The maximum Gasteiger partial charge on any atom is 0.222 e. The second-order valence-electron chi connectivity index (χ2n) is 5.66. The van der Waals surface area contributed by atoms with Crippen LogP contribution in [0.2, 0.25) is 0 Å². The summed E-state index contributed by atoms with van der Waals surface area (Å²) in [6.07, 6.45) is 10.4. The fraction of sp³-hybridized carbons (Fsp3) is 0.500. The first-order chi connectivity index (χ1) is 10.2. The Kier molecular flexibility index (Phi) is 5.68. The van der Waals surface area contributed by atoms with E-state index in [1.807, 2.05) is 17.0 Å². The molecule has 1 heterocycles. The van der Waals surface area contributed by atoms with Gasteiger partial charge in [-0.05, 0) is 49.3 Å². The Bertz CT molecular complexity index is 493. The average molecular weight is 285 g/mol. The summed E-state index contributed by atoms with van der Waals surface area (Å²) < 4.78 is 0. The van der Waals surface area contributed by atoms with E-state index in [-0.39, 0.29) is 5.91 Å². The third-order valence-electron chi connectivity index (χ3n) is 4.17. The number of amides is 1. The highest BCUT2D eigenvalue weighted by Gasteiger charge is 2.23. The number of carbonyl (C=O) groups is 1. The van der Waals surface area contributed by atoms with Gasteiger partial charge in [0.05, 0.1) is 0 Å². The Morgan fingerprint density at radius 3 is 2.52 bits per heavy atom. The van der Waals surface area contributed by atoms with Gasteiger partial charge in [-0.15, -0.1) is 12.3 Å². The summed E-state index contributed by atoms with van der Waals surface area (Å²) in [7, 11) is 0. The molecule has 0 radical (unpaired) electrons. The van der Waals surface area contributed by atoms with Gasteiger partial charge in [0.15, 0.2) is 0 Å². The quantitative estimate of drug-likeness (QED) is 0.666. The van der Waals surface area contributed by atoms with Crippen molar-refractivity contribution in [2.75, 3.05) is 13.1 Å². The molecule has 112 valence electrons. The van der Waals surface area contributed by atoms with E-state index in [0.717, 1.165) is 45.2 Å². The highest BCUT2D eigenvalue weighted by molar-refractivity contribution is 5.76. The van der Waals surface area contributed by atoms with Gasteiger partial charge in [0.25, 0.3) is 0 Å². The van der Waals surface area contributed by atoms with Crippen molar-refractivity contribution in [2.24, 2.45) is 0 Å². The summed E-state index contributed by atoms with van der Waals surface area (Å²) in [6, 6.07) is 7.44. The smallest absolute Gasteiger partial charge is 0.222 e. The highest BCUT2D eigenvalue weighted by Crippen LogP contribution is 2.29. The summed E-state index contributed by atoms with van der Waals surface area (Å²) in [5.74, 6) is 3.67. The van der Waals surface area contributed by atoms with Gasteiger partial charge in [0.1, 0.15) is 5.75 Å². The number of hydrogen-bond acceptors (Lipinski definition) is 2. The van der Waals surface area contributed by atoms with E-state index in [9.17, 15) is 9.90 Å². The molecule has 21 heavy (non-hydrogen) atoms. The fourth-order valence-corrected chi connectivity index (χ4v) is 2.87. The van der Waals surface area contributed by atoms with Crippen LogP contribution in [0, 0.1) is 12.3 Å². The maximum atomic E-state index is 12.1. The Morgan fingerprint density at radius 1 is 1.24 bits per heavy atom. The standard InChI is InChI=1S/C18H23NO2/c1-2-3-4-5-6-18(21)19-13-11-16(12-14-19)15-7-9-17(20)10-8-15/h1,7-10,16,20H,3-6,11-14H2. The number of phenols is 1. The molecule has 1 aromatic rings. The predicted molar refractivity (Wildman–Crippen MR) is 84.0 cm³/mol. The summed E-state index contributed by atoms with van der Waals surface area (Å²) in [5, 5.41) is 9.33. The van der Waals surface area contributed by atoms with Crippen molar-refractivity contribution in [3.8, 4) is 18.1 Å². The lowest BCUT2D eigenvalue weighted by atomic mass is 9.89. The van der Waals surface area contributed by atoms with Crippen LogP contribution in [0.25, 0.3) is 0 Å². The van der Waals surface area contributed by atoms with Crippen molar-refractivity contribution in [1.82, 2.24) is 4.90 Å². The maximum absolute atomic E-state index is 12.1. The second kappa shape index (κ2) is 7.73. The van der Waals surface area contributed by atoms with Gasteiger partial charge in [-0.1, -0.05) is 12.1 Å². The molecule has 0 atom stereocenters. The van der Waals surface area contributed by atoms with Crippen LogP contribution in [0.1, 0.15) is 50.0 Å². The molecule has 1 fully saturated rings. The van der Waals surface area contributed by atoms with Crippen LogP contribution < -0.4 is 0 Å². The number of phenolic OH excluding ortho intramolecular Hbond substituents is 1. The van der Waals surface area contributed by atoms with Crippen molar-refractivity contribution >= 4 is 5.91 Å². The van der Waals surface area contributed by atoms with Crippen molar-refractivity contribution < 1.29 is 9.90 Å². The van der Waals surface area contributed by atoms with Crippen molar-refractivity contribution in [2.45, 2.75) is 44.4 Å². The number of hydrogen-bond donors (Lipinski definition) is 1. The molecule has 0 aromatic heterocycles. The van der Waals surface area contributed by atoms with Crippen LogP contribution in [0.5, 0.6) is 5.75 Å². The van der Waals surface area contributed by atoms with Gasteiger partial charge in [0.2, 0.25) is 5.91 Å². The lowest BCUT2D eigenvalue weighted by molar-refractivity contribution is -0.132. The molecule has 3 nitrogen and oxygen atoms in total. The van der Waals surface area contributed by atoms with E-state index in [4.69, 9.17) is 6.42 Å². The number of carbonyl (C=O) groups excluding carboxylic acids is 1. The zero-order valence-corrected chi connectivity index (χ0v) is 12.4. The minimum Gasteiger partial charge on any atom is -0.508 e. The summed E-state index contributed by atoms with van der Waals surface area (Å²) in [5.41, 5.74) is 1.26. The molecular weight excluding hydrogens is 262 g/mol. The van der Waals surface area contributed by atoms with E-state index in [1.165, 1.54) is 5.56 Å². The lowest BCUT2D eigenvalue weighted by Gasteiger charge is -2.32. The summed E-state index contributed by atoms with van der Waals surface area (Å²) >= 11 is 0. The molecule has 0 saturated carbocycles. The van der Waals surface area contributed by atoms with Crippen molar-refractivity contribution in [1.29, 1.82) is 0 Å². The van der Waals surface area contributed by atoms with E-state index < -0.39 is 0 Å². The van der Waals surface area contributed by atoms with Crippen LogP contribution in [0.3, 0.4) is 0 Å². The SMILES string of the molecule is C#CCCCCC(=O)N1CCC(c2ccc(O)cc2)CC1. The van der Waals surface area contributed by atoms with Gasteiger partial charge >= 0.3 is 0 Å². The molecule has 2 rings (SSSR count). The lowest BCUT2D eigenvalue weighted by Crippen LogP contribution is -2.37. The number of aromatic hydroxyl groups is 1. The number of rotatable bonds is 5. The van der Waals surface area contributed by atoms with Gasteiger partial charge in [-0.2, -0.15) is 0 Å². The molecule has 1 aliphatic rings. The van der Waals surface area contributed by atoms with Crippen LogP contribution >= 0.6 is 0 Å². The number of benzene rings is 1. The number of piperidine rings is 1. The Balaban J connectivity index is 1.76. The molecule has 1 saturated heterocycles. The molecule has 0 aliphatic carbocycles. The van der Waals surface area contributed by atoms with Crippen LogP contribution in [-0.2, 0) is 4.79 Å². The molecule has 1 aromatic carbocycles. The van der Waals surface area contributed by atoms with Crippen molar-refractivity contribution in [3.05, 3.63) is 29.8 Å². The molecule has 0 bridgehead atoms. The Hall–Kier alpha value is -1.95. The topological polar surface area (TPSA) is 40.5 Å². The Labute approximate surface area is 127 Å². The molecule has 0 unspecified atom stereocenters. The van der Waals surface area contributed by atoms with Gasteiger partial charge in [-0.3, -0.25) is 4.79 Å². The van der Waals surface area contributed by atoms with Gasteiger partial charge in [0, 0.05) is 25.9 Å². The number of likely N-dealkylation sites (tertiary alicyclic amines) is 1. The highest BCUT2D eigenvalue weighted by atomic mass is 16.3.